The molecule has 17 heavy (non-hydrogen) atoms. The zero-order valence-electron chi connectivity index (χ0n) is 11.6. The van der Waals surface area contributed by atoms with E-state index in [2.05, 4.69) is 20.8 Å². The number of rotatable bonds is 0. The molecule has 1 heterocycles. The molecular weight excluding hydrogens is 212 g/mol. The Morgan fingerprint density at radius 2 is 1.71 bits per heavy atom. The number of phenols is 1. The smallest absolute Gasteiger partial charge is 0.127 e. The third-order valence-corrected chi connectivity index (χ3v) is 3.93. The van der Waals surface area contributed by atoms with E-state index in [4.69, 9.17) is 4.74 Å². The van der Waals surface area contributed by atoms with E-state index in [1.165, 1.54) is 5.56 Å². The van der Waals surface area contributed by atoms with Crippen LogP contribution >= 0.6 is 0 Å². The normalized spacial score (nSPS) is 21.9. The van der Waals surface area contributed by atoms with E-state index in [9.17, 15) is 5.11 Å². The first-order chi connectivity index (χ1) is 7.74. The molecule has 1 unspecified atom stereocenters. The summed E-state index contributed by atoms with van der Waals surface area (Å²) in [5, 5.41) is 10.1. The molecule has 0 saturated carbocycles. The van der Waals surface area contributed by atoms with Gasteiger partial charge >= 0.3 is 0 Å². The quantitative estimate of drug-likeness (QED) is 0.735. The van der Waals surface area contributed by atoms with Crippen LogP contribution in [0.25, 0.3) is 0 Å². The van der Waals surface area contributed by atoms with Crippen molar-refractivity contribution >= 4 is 0 Å². The van der Waals surface area contributed by atoms with Crippen LogP contribution in [-0.2, 0) is 0 Å². The van der Waals surface area contributed by atoms with E-state index in [1.807, 2.05) is 20.8 Å². The number of benzene rings is 1. The summed E-state index contributed by atoms with van der Waals surface area (Å²) in [6, 6.07) is 0. The standard InChI is InChI=1S/C15H22O2/c1-8-7-15(5,6)17-14-10(3)9(2)13(16)11(4)12(8)14/h8,16H,7H2,1-6H3. The molecule has 2 heteroatoms. The predicted molar refractivity (Wildman–Crippen MR) is 70.1 cm³/mol. The molecule has 1 aromatic rings. The number of hydrogen-bond donors (Lipinski definition) is 1. The molecular formula is C15H22O2. The molecule has 1 N–H and O–H groups in total. The second-order valence-electron chi connectivity index (χ2n) is 5.93. The van der Waals surface area contributed by atoms with Crippen LogP contribution in [0, 0.1) is 20.8 Å². The van der Waals surface area contributed by atoms with Crippen molar-refractivity contribution in [3.63, 3.8) is 0 Å². The number of hydrogen-bond acceptors (Lipinski definition) is 2. The minimum absolute atomic E-state index is 0.118. The van der Waals surface area contributed by atoms with Gasteiger partial charge in [0.15, 0.2) is 0 Å². The maximum Gasteiger partial charge on any atom is 0.127 e. The first-order valence-electron chi connectivity index (χ1n) is 6.26. The van der Waals surface area contributed by atoms with E-state index in [0.29, 0.717) is 11.7 Å². The largest absolute Gasteiger partial charge is 0.507 e. The van der Waals surface area contributed by atoms with Crippen LogP contribution < -0.4 is 4.74 Å². The monoisotopic (exact) mass is 234 g/mol. The van der Waals surface area contributed by atoms with Crippen LogP contribution in [0.1, 0.15) is 55.4 Å². The van der Waals surface area contributed by atoms with E-state index in [0.717, 1.165) is 28.9 Å². The molecule has 0 fully saturated rings. The van der Waals surface area contributed by atoms with Crippen molar-refractivity contribution in [1.29, 1.82) is 0 Å². The molecule has 0 aliphatic carbocycles. The Morgan fingerprint density at radius 3 is 2.29 bits per heavy atom. The summed E-state index contributed by atoms with van der Waals surface area (Å²) in [5.41, 5.74) is 4.05. The molecule has 1 aromatic carbocycles. The molecule has 0 spiro atoms. The van der Waals surface area contributed by atoms with Crippen molar-refractivity contribution in [2.75, 3.05) is 0 Å². The zero-order valence-corrected chi connectivity index (χ0v) is 11.6. The average Bonchev–Trinajstić information content (AvgIpc) is 2.21. The minimum atomic E-state index is -0.118. The van der Waals surface area contributed by atoms with Gasteiger partial charge < -0.3 is 9.84 Å². The topological polar surface area (TPSA) is 29.5 Å². The summed E-state index contributed by atoms with van der Waals surface area (Å²) >= 11 is 0. The van der Waals surface area contributed by atoms with Crippen LogP contribution in [0.5, 0.6) is 11.5 Å². The van der Waals surface area contributed by atoms with Crippen molar-refractivity contribution < 1.29 is 9.84 Å². The number of fused-ring (bicyclic) bond motifs is 1. The van der Waals surface area contributed by atoms with Gasteiger partial charge in [-0.2, -0.15) is 0 Å². The zero-order chi connectivity index (χ0) is 13.0. The summed E-state index contributed by atoms with van der Waals surface area (Å²) in [6.45, 7) is 12.4. The van der Waals surface area contributed by atoms with Crippen molar-refractivity contribution in [3.05, 3.63) is 22.3 Å². The molecule has 0 radical (unpaired) electrons. The second kappa shape index (κ2) is 3.66. The molecule has 94 valence electrons. The van der Waals surface area contributed by atoms with Gasteiger partial charge in [-0.05, 0) is 63.6 Å². The highest BCUT2D eigenvalue weighted by atomic mass is 16.5. The van der Waals surface area contributed by atoms with E-state index < -0.39 is 0 Å². The third-order valence-electron chi connectivity index (χ3n) is 3.93. The summed E-state index contributed by atoms with van der Waals surface area (Å²) in [7, 11) is 0. The maximum atomic E-state index is 10.1. The molecule has 1 atom stereocenters. The van der Waals surface area contributed by atoms with Gasteiger partial charge in [-0.25, -0.2) is 0 Å². The lowest BCUT2D eigenvalue weighted by Gasteiger charge is -2.38. The fourth-order valence-corrected chi connectivity index (χ4v) is 3.01. The molecule has 1 aliphatic heterocycles. The maximum absolute atomic E-state index is 10.1. The second-order valence-corrected chi connectivity index (χ2v) is 5.93. The van der Waals surface area contributed by atoms with Crippen molar-refractivity contribution in [2.24, 2.45) is 0 Å². The molecule has 1 aliphatic rings. The fraction of sp³-hybridized carbons (Fsp3) is 0.600. The fourth-order valence-electron chi connectivity index (χ4n) is 3.01. The average molecular weight is 234 g/mol. The Labute approximate surface area is 104 Å². The van der Waals surface area contributed by atoms with Crippen LogP contribution in [0.15, 0.2) is 0 Å². The van der Waals surface area contributed by atoms with Crippen LogP contribution in [0.3, 0.4) is 0 Å². The summed E-state index contributed by atoms with van der Waals surface area (Å²) in [4.78, 5) is 0. The van der Waals surface area contributed by atoms with E-state index in [-0.39, 0.29) is 5.60 Å². The van der Waals surface area contributed by atoms with Gasteiger partial charge in [0.05, 0.1) is 0 Å². The van der Waals surface area contributed by atoms with E-state index in [1.54, 1.807) is 0 Å². The Balaban J connectivity index is 2.72. The van der Waals surface area contributed by atoms with E-state index >= 15 is 0 Å². The summed E-state index contributed by atoms with van der Waals surface area (Å²) in [5.74, 6) is 1.84. The Kier molecular flexibility index (Phi) is 2.64. The summed E-state index contributed by atoms with van der Waals surface area (Å²) in [6.07, 6.45) is 0.989. The first-order valence-corrected chi connectivity index (χ1v) is 6.26. The Morgan fingerprint density at radius 1 is 1.12 bits per heavy atom. The first kappa shape index (κ1) is 12.3. The summed E-state index contributed by atoms with van der Waals surface area (Å²) < 4.78 is 6.13. The molecule has 2 nitrogen and oxygen atoms in total. The molecule has 0 saturated heterocycles. The minimum Gasteiger partial charge on any atom is -0.507 e. The molecule has 0 amide bonds. The van der Waals surface area contributed by atoms with Gasteiger partial charge in [-0.3, -0.25) is 0 Å². The SMILES string of the molecule is Cc1c(C)c2c(c(C)c1O)C(C)CC(C)(C)O2. The van der Waals surface area contributed by atoms with Gasteiger partial charge in [-0.15, -0.1) is 0 Å². The lowest BCUT2D eigenvalue weighted by atomic mass is 9.81. The van der Waals surface area contributed by atoms with Crippen molar-refractivity contribution in [3.8, 4) is 11.5 Å². The predicted octanol–water partition coefficient (Wildman–Crippen LogP) is 3.98. The van der Waals surface area contributed by atoms with Crippen LogP contribution in [0.4, 0.5) is 0 Å². The molecule has 2 rings (SSSR count). The van der Waals surface area contributed by atoms with Gasteiger partial charge in [0.25, 0.3) is 0 Å². The molecule has 0 bridgehead atoms. The van der Waals surface area contributed by atoms with Gasteiger partial charge in [0, 0.05) is 5.56 Å². The number of phenolic OH excluding ortho intramolecular Hbond substituents is 1. The number of aromatic hydroxyl groups is 1. The van der Waals surface area contributed by atoms with Crippen LogP contribution in [-0.4, -0.2) is 10.7 Å². The number of ether oxygens (including phenoxy) is 1. The Hall–Kier alpha value is -1.18. The Bertz CT molecular complexity index is 473. The van der Waals surface area contributed by atoms with Crippen molar-refractivity contribution in [1.82, 2.24) is 0 Å². The van der Waals surface area contributed by atoms with Gasteiger partial charge in [-0.1, -0.05) is 6.92 Å². The lowest BCUT2D eigenvalue weighted by Crippen LogP contribution is -2.35. The highest BCUT2D eigenvalue weighted by molar-refractivity contribution is 5.59. The van der Waals surface area contributed by atoms with Gasteiger partial charge in [0.2, 0.25) is 0 Å². The lowest BCUT2D eigenvalue weighted by molar-refractivity contribution is 0.0731. The van der Waals surface area contributed by atoms with Crippen LogP contribution in [0.2, 0.25) is 0 Å². The van der Waals surface area contributed by atoms with Gasteiger partial charge in [0.1, 0.15) is 17.1 Å². The highest BCUT2D eigenvalue weighted by Gasteiger charge is 2.34. The van der Waals surface area contributed by atoms with Crippen molar-refractivity contribution in [2.45, 2.75) is 59.5 Å². The molecule has 0 aromatic heterocycles. The highest BCUT2D eigenvalue weighted by Crippen LogP contribution is 2.47. The third kappa shape index (κ3) is 1.80.